The zero-order chi connectivity index (χ0) is 11.4. The third-order valence-electron chi connectivity index (χ3n) is 2.78. The highest BCUT2D eigenvalue weighted by Gasteiger charge is 2.17. The lowest BCUT2D eigenvalue weighted by molar-refractivity contribution is 0.224. The maximum atomic E-state index is 9.63. The van der Waals surface area contributed by atoms with E-state index in [0.29, 0.717) is 18.5 Å². The topological polar surface area (TPSA) is 47.3 Å². The highest BCUT2D eigenvalue weighted by molar-refractivity contribution is 5.27. The first kappa shape index (κ1) is 10.7. The molecule has 1 N–H and O–H groups in total. The minimum atomic E-state index is 0.227. The molecule has 82 valence electrons. The van der Waals surface area contributed by atoms with E-state index in [1.807, 2.05) is 24.3 Å². The summed E-state index contributed by atoms with van der Waals surface area (Å²) in [6.45, 7) is 2.14. The largest absolute Gasteiger partial charge is 0.510 e. The Hall–Kier alpha value is -1.79. The van der Waals surface area contributed by atoms with E-state index in [9.17, 15) is 5.11 Å². The van der Waals surface area contributed by atoms with Crippen LogP contribution in [0.5, 0.6) is 0 Å². The Morgan fingerprint density at radius 3 is 2.69 bits per heavy atom. The first-order valence-corrected chi connectivity index (χ1v) is 5.37. The molecule has 2 rings (SSSR count). The van der Waals surface area contributed by atoms with Crippen LogP contribution in [0.3, 0.4) is 0 Å². The Morgan fingerprint density at radius 1 is 1.31 bits per heavy atom. The van der Waals surface area contributed by atoms with Gasteiger partial charge in [0.05, 0.1) is 18.2 Å². The highest BCUT2D eigenvalue weighted by atomic mass is 16.3. The van der Waals surface area contributed by atoms with E-state index in [1.165, 1.54) is 5.56 Å². The molecule has 0 fully saturated rings. The summed E-state index contributed by atoms with van der Waals surface area (Å²) in [6, 6.07) is 12.2. The van der Waals surface area contributed by atoms with Crippen molar-refractivity contribution in [3.63, 3.8) is 0 Å². The number of hydrogen-bond donors (Lipinski definition) is 1. The maximum absolute atomic E-state index is 9.63. The number of benzene rings is 1. The second kappa shape index (κ2) is 4.82. The standard InChI is InChI=1S/C13H14N2O/c14-8-12-6-7-15(10-13(12)16)9-11-4-2-1-3-5-11/h1-5,16H,6-7,9-10H2. The van der Waals surface area contributed by atoms with E-state index in [-0.39, 0.29) is 5.76 Å². The molecule has 16 heavy (non-hydrogen) atoms. The van der Waals surface area contributed by atoms with Crippen LogP contribution >= 0.6 is 0 Å². The van der Waals surface area contributed by atoms with E-state index in [4.69, 9.17) is 5.26 Å². The van der Waals surface area contributed by atoms with E-state index < -0.39 is 0 Å². The molecule has 1 aromatic carbocycles. The number of nitrogens with zero attached hydrogens (tertiary/aromatic N) is 2. The zero-order valence-corrected chi connectivity index (χ0v) is 9.06. The number of aliphatic hydroxyl groups is 1. The second-order valence-electron chi connectivity index (χ2n) is 3.98. The average Bonchev–Trinajstić information content (AvgIpc) is 2.31. The molecule has 1 aliphatic rings. The van der Waals surface area contributed by atoms with E-state index in [2.05, 4.69) is 17.0 Å². The molecule has 1 heterocycles. The van der Waals surface area contributed by atoms with Crippen molar-refractivity contribution in [1.82, 2.24) is 4.90 Å². The van der Waals surface area contributed by atoms with Crippen molar-refractivity contribution in [2.24, 2.45) is 0 Å². The summed E-state index contributed by atoms with van der Waals surface area (Å²) in [5.74, 6) is 0.227. The fraction of sp³-hybridized carbons (Fsp3) is 0.308. The van der Waals surface area contributed by atoms with Gasteiger partial charge in [-0.1, -0.05) is 30.3 Å². The monoisotopic (exact) mass is 214 g/mol. The lowest BCUT2D eigenvalue weighted by Gasteiger charge is -2.26. The lowest BCUT2D eigenvalue weighted by Crippen LogP contribution is -2.31. The molecule has 0 bridgehead atoms. The van der Waals surface area contributed by atoms with Gasteiger partial charge in [-0.2, -0.15) is 5.26 Å². The minimum absolute atomic E-state index is 0.227. The van der Waals surface area contributed by atoms with Crippen LogP contribution in [0.15, 0.2) is 41.7 Å². The molecular formula is C13H14N2O. The smallest absolute Gasteiger partial charge is 0.120 e. The Bertz CT molecular complexity index is 431. The van der Waals surface area contributed by atoms with Crippen LogP contribution < -0.4 is 0 Å². The summed E-state index contributed by atoms with van der Waals surface area (Å²) in [4.78, 5) is 2.14. The van der Waals surface area contributed by atoms with Gasteiger partial charge in [-0.15, -0.1) is 0 Å². The number of aliphatic hydroxyl groups excluding tert-OH is 1. The third-order valence-corrected chi connectivity index (χ3v) is 2.78. The summed E-state index contributed by atoms with van der Waals surface area (Å²) < 4.78 is 0. The van der Waals surface area contributed by atoms with Gasteiger partial charge in [0.2, 0.25) is 0 Å². The quantitative estimate of drug-likeness (QED) is 0.821. The summed E-state index contributed by atoms with van der Waals surface area (Å²) in [5, 5.41) is 18.4. The molecule has 0 atom stereocenters. The van der Waals surface area contributed by atoms with Crippen molar-refractivity contribution in [2.45, 2.75) is 13.0 Å². The van der Waals surface area contributed by atoms with Gasteiger partial charge in [-0.05, 0) is 12.0 Å². The first-order chi connectivity index (χ1) is 7.79. The molecule has 0 unspecified atom stereocenters. The predicted molar refractivity (Wildman–Crippen MR) is 61.6 cm³/mol. The molecule has 0 saturated carbocycles. The van der Waals surface area contributed by atoms with Gasteiger partial charge >= 0.3 is 0 Å². The minimum Gasteiger partial charge on any atom is -0.510 e. The van der Waals surface area contributed by atoms with Crippen molar-refractivity contribution in [3.05, 3.63) is 47.2 Å². The van der Waals surface area contributed by atoms with Crippen LogP contribution in [-0.4, -0.2) is 23.1 Å². The molecule has 0 saturated heterocycles. The van der Waals surface area contributed by atoms with Gasteiger partial charge in [0.1, 0.15) is 5.76 Å². The van der Waals surface area contributed by atoms with E-state index >= 15 is 0 Å². The Labute approximate surface area is 95.2 Å². The molecule has 1 aromatic rings. The van der Waals surface area contributed by atoms with Crippen molar-refractivity contribution in [2.75, 3.05) is 13.1 Å². The van der Waals surface area contributed by atoms with Crippen LogP contribution in [-0.2, 0) is 6.54 Å². The average molecular weight is 214 g/mol. The van der Waals surface area contributed by atoms with E-state index in [1.54, 1.807) is 0 Å². The summed E-state index contributed by atoms with van der Waals surface area (Å²) in [6.07, 6.45) is 0.648. The fourth-order valence-electron chi connectivity index (χ4n) is 1.90. The fourth-order valence-corrected chi connectivity index (χ4v) is 1.90. The van der Waals surface area contributed by atoms with Gasteiger partial charge in [0, 0.05) is 13.1 Å². The van der Waals surface area contributed by atoms with Crippen LogP contribution in [0.4, 0.5) is 0 Å². The molecule has 3 heteroatoms. The maximum Gasteiger partial charge on any atom is 0.120 e. The van der Waals surface area contributed by atoms with Gasteiger partial charge in [-0.25, -0.2) is 0 Å². The molecule has 0 amide bonds. The Kier molecular flexibility index (Phi) is 3.23. The third kappa shape index (κ3) is 2.41. The first-order valence-electron chi connectivity index (χ1n) is 5.37. The van der Waals surface area contributed by atoms with Gasteiger partial charge in [0.15, 0.2) is 0 Å². The lowest BCUT2D eigenvalue weighted by atomic mass is 10.1. The zero-order valence-electron chi connectivity index (χ0n) is 9.06. The Morgan fingerprint density at radius 2 is 2.06 bits per heavy atom. The van der Waals surface area contributed by atoms with Crippen molar-refractivity contribution in [3.8, 4) is 6.07 Å². The SMILES string of the molecule is N#CC1=C(O)CN(Cc2ccccc2)CC1. The summed E-state index contributed by atoms with van der Waals surface area (Å²) >= 11 is 0. The molecule has 0 aromatic heterocycles. The highest BCUT2D eigenvalue weighted by Crippen LogP contribution is 2.17. The summed E-state index contributed by atoms with van der Waals surface area (Å²) in [7, 11) is 0. The molecular weight excluding hydrogens is 200 g/mol. The second-order valence-corrected chi connectivity index (χ2v) is 3.98. The predicted octanol–water partition coefficient (Wildman–Crippen LogP) is 2.23. The van der Waals surface area contributed by atoms with Crippen molar-refractivity contribution < 1.29 is 5.11 Å². The van der Waals surface area contributed by atoms with Crippen LogP contribution in [0.1, 0.15) is 12.0 Å². The molecule has 1 aliphatic heterocycles. The van der Waals surface area contributed by atoms with Crippen molar-refractivity contribution >= 4 is 0 Å². The van der Waals surface area contributed by atoms with Crippen LogP contribution in [0, 0.1) is 11.3 Å². The number of nitriles is 1. The number of hydrogen-bond acceptors (Lipinski definition) is 3. The molecule has 0 aliphatic carbocycles. The van der Waals surface area contributed by atoms with Crippen LogP contribution in [0.2, 0.25) is 0 Å². The van der Waals surface area contributed by atoms with E-state index in [0.717, 1.165) is 13.1 Å². The van der Waals surface area contributed by atoms with Gasteiger partial charge < -0.3 is 5.11 Å². The number of rotatable bonds is 2. The summed E-state index contributed by atoms with van der Waals surface area (Å²) in [5.41, 5.74) is 1.76. The van der Waals surface area contributed by atoms with Crippen LogP contribution in [0.25, 0.3) is 0 Å². The van der Waals surface area contributed by atoms with Gasteiger partial charge in [0.25, 0.3) is 0 Å². The normalized spacial score (nSPS) is 17.2. The molecule has 0 radical (unpaired) electrons. The molecule has 0 spiro atoms. The van der Waals surface area contributed by atoms with Crippen molar-refractivity contribution in [1.29, 1.82) is 5.26 Å². The van der Waals surface area contributed by atoms with Gasteiger partial charge in [-0.3, -0.25) is 4.90 Å². The molecule has 3 nitrogen and oxygen atoms in total. The Balaban J connectivity index is 2.01.